The Hall–Kier alpha value is -3.95. The number of methoxy groups -OCH3 is 4. The maximum absolute atomic E-state index is 13.2. The summed E-state index contributed by atoms with van der Waals surface area (Å²) in [5.41, 5.74) is 1.31. The van der Waals surface area contributed by atoms with Crippen LogP contribution in [-0.4, -0.2) is 76.2 Å². The predicted molar refractivity (Wildman–Crippen MR) is 137 cm³/mol. The summed E-state index contributed by atoms with van der Waals surface area (Å²) in [6, 6.07) is 9.83. The van der Waals surface area contributed by atoms with Gasteiger partial charge in [-0.3, -0.25) is 14.4 Å². The molecule has 1 aliphatic heterocycles. The molecule has 0 unspecified atom stereocenters. The van der Waals surface area contributed by atoms with Crippen LogP contribution < -0.4 is 29.6 Å². The Morgan fingerprint density at radius 1 is 0.946 bits per heavy atom. The highest BCUT2D eigenvalue weighted by atomic mass is 16.5. The molecular formula is C27H35N3O7. The van der Waals surface area contributed by atoms with Crippen molar-refractivity contribution in [2.24, 2.45) is 0 Å². The van der Waals surface area contributed by atoms with Gasteiger partial charge >= 0.3 is 0 Å². The van der Waals surface area contributed by atoms with Gasteiger partial charge in [-0.25, -0.2) is 0 Å². The second-order valence-electron chi connectivity index (χ2n) is 8.80. The third-order valence-electron chi connectivity index (χ3n) is 6.31. The lowest BCUT2D eigenvalue weighted by Gasteiger charge is -2.33. The van der Waals surface area contributed by atoms with Crippen molar-refractivity contribution in [1.82, 2.24) is 15.5 Å². The van der Waals surface area contributed by atoms with Gasteiger partial charge in [0.2, 0.25) is 17.6 Å². The number of carbonyl (C=O) groups is 3. The van der Waals surface area contributed by atoms with Crippen molar-refractivity contribution in [2.75, 3.05) is 41.5 Å². The summed E-state index contributed by atoms with van der Waals surface area (Å²) in [5.74, 6) is 1.23. The molecule has 0 aliphatic carbocycles. The number of carbonyl (C=O) groups excluding carboxylic acids is 3. The van der Waals surface area contributed by atoms with Crippen LogP contribution in [0.4, 0.5) is 0 Å². The number of amides is 3. The summed E-state index contributed by atoms with van der Waals surface area (Å²) < 4.78 is 21.3. The zero-order valence-corrected chi connectivity index (χ0v) is 22.0. The third kappa shape index (κ3) is 7.05. The standard InChI is InChI=1S/C27H35N3O7/c1-17(31)28-22(14-18-7-6-8-21(13-18)34-2)26(32)29-20-9-11-30(12-10-20)27(33)19-15-23(35-3)25(37-5)24(16-19)36-4/h6-8,13,15-16,20,22H,9-12,14H2,1-5H3,(H,28,31)(H,29,32)/t22-/m1/s1. The molecule has 1 atom stereocenters. The van der Waals surface area contributed by atoms with Crippen LogP contribution >= 0.6 is 0 Å². The maximum Gasteiger partial charge on any atom is 0.254 e. The summed E-state index contributed by atoms with van der Waals surface area (Å²) in [5, 5.41) is 5.79. The molecule has 10 heteroatoms. The van der Waals surface area contributed by atoms with E-state index in [0.717, 1.165) is 5.56 Å². The van der Waals surface area contributed by atoms with Crippen LogP contribution in [-0.2, 0) is 16.0 Å². The number of hydrogen-bond donors (Lipinski definition) is 2. The minimum Gasteiger partial charge on any atom is -0.497 e. The lowest BCUT2D eigenvalue weighted by atomic mass is 10.0. The Bertz CT molecular complexity index is 1090. The van der Waals surface area contributed by atoms with Crippen molar-refractivity contribution in [1.29, 1.82) is 0 Å². The van der Waals surface area contributed by atoms with E-state index in [0.29, 0.717) is 60.9 Å². The SMILES string of the molecule is COc1cccc(C[C@@H](NC(C)=O)C(=O)NC2CCN(C(=O)c3cc(OC)c(OC)c(OC)c3)CC2)c1. The van der Waals surface area contributed by atoms with Gasteiger partial charge in [-0.1, -0.05) is 12.1 Å². The summed E-state index contributed by atoms with van der Waals surface area (Å²) in [6.45, 7) is 2.33. The molecule has 1 aliphatic rings. The van der Waals surface area contributed by atoms with E-state index in [1.165, 1.54) is 28.3 Å². The van der Waals surface area contributed by atoms with Gasteiger partial charge in [-0.2, -0.15) is 0 Å². The number of likely N-dealkylation sites (tertiary alicyclic amines) is 1. The third-order valence-corrected chi connectivity index (χ3v) is 6.31. The second kappa shape index (κ2) is 12.8. The molecule has 3 amide bonds. The van der Waals surface area contributed by atoms with Crippen molar-refractivity contribution >= 4 is 17.7 Å². The quantitative estimate of drug-likeness (QED) is 0.500. The lowest BCUT2D eigenvalue weighted by Crippen LogP contribution is -2.53. The van der Waals surface area contributed by atoms with E-state index in [1.54, 1.807) is 24.1 Å². The number of benzene rings is 2. The first kappa shape index (κ1) is 27.6. The highest BCUT2D eigenvalue weighted by molar-refractivity contribution is 5.95. The van der Waals surface area contributed by atoms with E-state index >= 15 is 0 Å². The highest BCUT2D eigenvalue weighted by Crippen LogP contribution is 2.38. The molecule has 200 valence electrons. The average molecular weight is 514 g/mol. The first-order valence-corrected chi connectivity index (χ1v) is 12.1. The van der Waals surface area contributed by atoms with Crippen LogP contribution in [0.2, 0.25) is 0 Å². The van der Waals surface area contributed by atoms with Gasteiger partial charge in [-0.15, -0.1) is 0 Å². The largest absolute Gasteiger partial charge is 0.497 e. The van der Waals surface area contributed by atoms with Gasteiger partial charge in [-0.05, 0) is 42.7 Å². The van der Waals surface area contributed by atoms with Crippen LogP contribution in [0.5, 0.6) is 23.0 Å². The van der Waals surface area contributed by atoms with Crippen LogP contribution in [0, 0.1) is 0 Å². The zero-order chi connectivity index (χ0) is 26.9. The van der Waals surface area contributed by atoms with Gasteiger partial charge in [0.15, 0.2) is 11.5 Å². The molecule has 0 spiro atoms. The summed E-state index contributed by atoms with van der Waals surface area (Å²) >= 11 is 0. The smallest absolute Gasteiger partial charge is 0.254 e. The summed E-state index contributed by atoms with van der Waals surface area (Å²) in [4.78, 5) is 39.7. The molecule has 1 saturated heterocycles. The maximum atomic E-state index is 13.2. The molecule has 37 heavy (non-hydrogen) atoms. The molecule has 0 aromatic heterocycles. The van der Waals surface area contributed by atoms with Crippen molar-refractivity contribution in [3.05, 3.63) is 47.5 Å². The molecule has 0 radical (unpaired) electrons. The van der Waals surface area contributed by atoms with E-state index in [2.05, 4.69) is 10.6 Å². The molecule has 1 fully saturated rings. The Morgan fingerprint density at radius 3 is 2.14 bits per heavy atom. The van der Waals surface area contributed by atoms with E-state index in [-0.39, 0.29) is 23.8 Å². The van der Waals surface area contributed by atoms with Gasteiger partial charge in [0.05, 0.1) is 28.4 Å². The first-order valence-electron chi connectivity index (χ1n) is 12.1. The minimum atomic E-state index is -0.719. The first-order chi connectivity index (χ1) is 17.8. The molecular weight excluding hydrogens is 478 g/mol. The van der Waals surface area contributed by atoms with Gasteiger partial charge in [0.1, 0.15) is 11.8 Å². The highest BCUT2D eigenvalue weighted by Gasteiger charge is 2.28. The fourth-order valence-corrected chi connectivity index (χ4v) is 4.41. The summed E-state index contributed by atoms with van der Waals surface area (Å²) in [7, 11) is 6.09. The zero-order valence-electron chi connectivity index (χ0n) is 22.0. The molecule has 10 nitrogen and oxygen atoms in total. The van der Waals surface area contributed by atoms with Crippen molar-refractivity contribution in [2.45, 2.75) is 38.3 Å². The molecule has 2 aromatic rings. The monoisotopic (exact) mass is 513 g/mol. The van der Waals surface area contributed by atoms with Gasteiger partial charge < -0.3 is 34.5 Å². The van der Waals surface area contributed by atoms with Crippen LogP contribution in [0.3, 0.4) is 0 Å². The van der Waals surface area contributed by atoms with Gasteiger partial charge in [0.25, 0.3) is 5.91 Å². The van der Waals surface area contributed by atoms with E-state index in [9.17, 15) is 14.4 Å². The Balaban J connectivity index is 1.62. The van der Waals surface area contributed by atoms with E-state index < -0.39 is 6.04 Å². The molecule has 2 aromatic carbocycles. The Labute approximate surface area is 217 Å². The minimum absolute atomic E-state index is 0.113. The summed E-state index contributed by atoms with van der Waals surface area (Å²) in [6.07, 6.45) is 1.52. The normalized spacial score (nSPS) is 14.4. The number of piperidine rings is 1. The molecule has 2 N–H and O–H groups in total. The topological polar surface area (TPSA) is 115 Å². The predicted octanol–water partition coefficient (Wildman–Crippen LogP) is 2.19. The Morgan fingerprint density at radius 2 is 1.59 bits per heavy atom. The fourth-order valence-electron chi connectivity index (χ4n) is 4.41. The number of nitrogens with zero attached hydrogens (tertiary/aromatic N) is 1. The Kier molecular flexibility index (Phi) is 9.59. The fraction of sp³-hybridized carbons (Fsp3) is 0.444. The van der Waals surface area contributed by atoms with Crippen LogP contribution in [0.25, 0.3) is 0 Å². The average Bonchev–Trinajstić information content (AvgIpc) is 2.91. The van der Waals surface area contributed by atoms with Crippen molar-refractivity contribution in [3.63, 3.8) is 0 Å². The van der Waals surface area contributed by atoms with Crippen LogP contribution in [0.15, 0.2) is 36.4 Å². The number of nitrogens with one attached hydrogen (secondary N) is 2. The van der Waals surface area contributed by atoms with Crippen molar-refractivity contribution < 1.29 is 33.3 Å². The van der Waals surface area contributed by atoms with E-state index in [4.69, 9.17) is 18.9 Å². The lowest BCUT2D eigenvalue weighted by molar-refractivity contribution is -0.128. The van der Waals surface area contributed by atoms with Crippen LogP contribution in [0.1, 0.15) is 35.7 Å². The van der Waals surface area contributed by atoms with E-state index in [1.807, 2.05) is 24.3 Å². The molecule has 1 heterocycles. The van der Waals surface area contributed by atoms with Crippen molar-refractivity contribution in [3.8, 4) is 23.0 Å². The molecule has 0 saturated carbocycles. The second-order valence-corrected chi connectivity index (χ2v) is 8.80. The molecule has 0 bridgehead atoms. The number of ether oxygens (including phenoxy) is 4. The number of hydrogen-bond acceptors (Lipinski definition) is 7. The molecule has 3 rings (SSSR count). The number of rotatable bonds is 10. The van der Waals surface area contributed by atoms with Gasteiger partial charge in [0, 0.05) is 38.0 Å².